The molecule has 28 heavy (non-hydrogen) atoms. The van der Waals surface area contributed by atoms with Gasteiger partial charge in [-0.2, -0.15) is 0 Å². The highest BCUT2D eigenvalue weighted by Gasteiger charge is 2.21. The second-order valence-corrected chi connectivity index (χ2v) is 8.88. The molecule has 0 saturated carbocycles. The summed E-state index contributed by atoms with van der Waals surface area (Å²) in [7, 11) is -3.72. The molecule has 1 unspecified atom stereocenters. The summed E-state index contributed by atoms with van der Waals surface area (Å²) in [6.45, 7) is 2.67. The van der Waals surface area contributed by atoms with E-state index in [1.54, 1.807) is 11.0 Å². The van der Waals surface area contributed by atoms with Crippen LogP contribution >= 0.6 is 0 Å². The van der Waals surface area contributed by atoms with Gasteiger partial charge in [0.05, 0.1) is 11.0 Å². The van der Waals surface area contributed by atoms with Crippen molar-refractivity contribution in [3.63, 3.8) is 0 Å². The number of hydrogen-bond donors (Lipinski definition) is 2. The fourth-order valence-electron chi connectivity index (χ4n) is 3.41. The minimum Gasteiger partial charge on any atom is -0.377 e. The van der Waals surface area contributed by atoms with Crippen LogP contribution in [0.15, 0.2) is 29.2 Å². The van der Waals surface area contributed by atoms with E-state index in [2.05, 4.69) is 10.0 Å². The first-order valence-electron chi connectivity index (χ1n) is 9.73. The van der Waals surface area contributed by atoms with Crippen molar-refractivity contribution < 1.29 is 22.7 Å². The Morgan fingerprint density at radius 3 is 2.68 bits per heavy atom. The molecule has 1 atom stereocenters. The number of nitrogens with one attached hydrogen (secondary N) is 2. The van der Waals surface area contributed by atoms with Crippen LogP contribution in [0, 0.1) is 0 Å². The van der Waals surface area contributed by atoms with Gasteiger partial charge >= 0.3 is 0 Å². The third kappa shape index (κ3) is 5.52. The molecule has 0 spiro atoms. The molecule has 0 aromatic heterocycles. The van der Waals surface area contributed by atoms with E-state index in [1.165, 1.54) is 18.2 Å². The third-order valence-corrected chi connectivity index (χ3v) is 6.44. The lowest BCUT2D eigenvalue weighted by molar-refractivity contribution is -0.129. The molecule has 3 rings (SSSR count). The minimum absolute atomic E-state index is 0.0336. The highest BCUT2D eigenvalue weighted by Crippen LogP contribution is 2.15. The average Bonchev–Trinajstić information content (AvgIpc) is 3.40. The van der Waals surface area contributed by atoms with Crippen LogP contribution in [0.4, 0.5) is 0 Å². The lowest BCUT2D eigenvalue weighted by Gasteiger charge is -2.15. The first-order chi connectivity index (χ1) is 13.5. The second-order valence-electron chi connectivity index (χ2n) is 7.11. The van der Waals surface area contributed by atoms with Crippen LogP contribution < -0.4 is 10.0 Å². The van der Waals surface area contributed by atoms with Gasteiger partial charge in [0.1, 0.15) is 0 Å². The molecular formula is C19H27N3O5S. The molecule has 1 aromatic rings. The lowest BCUT2D eigenvalue weighted by Crippen LogP contribution is -2.33. The largest absolute Gasteiger partial charge is 0.377 e. The molecule has 154 valence electrons. The first-order valence-corrected chi connectivity index (χ1v) is 11.2. The second kappa shape index (κ2) is 9.49. The van der Waals surface area contributed by atoms with E-state index in [4.69, 9.17) is 4.74 Å². The summed E-state index contributed by atoms with van der Waals surface area (Å²) in [5.41, 5.74) is 0.244. The Morgan fingerprint density at radius 2 is 1.96 bits per heavy atom. The van der Waals surface area contributed by atoms with E-state index in [0.29, 0.717) is 6.61 Å². The van der Waals surface area contributed by atoms with Gasteiger partial charge in [0.15, 0.2) is 0 Å². The molecule has 2 aliphatic heterocycles. The number of carbonyl (C=O) groups excluding carboxylic acids is 2. The molecular weight excluding hydrogens is 382 g/mol. The fourth-order valence-corrected chi connectivity index (χ4v) is 4.52. The number of benzene rings is 1. The molecule has 0 radical (unpaired) electrons. The SMILES string of the molecule is O=C(NCCC(=O)N1CCCC1)c1cccc(S(=O)(=O)NCC2CCCO2)c1. The van der Waals surface area contributed by atoms with Gasteiger partial charge in [-0.05, 0) is 43.9 Å². The van der Waals surface area contributed by atoms with Gasteiger partial charge in [-0.3, -0.25) is 9.59 Å². The summed E-state index contributed by atoms with van der Waals surface area (Å²) < 4.78 is 32.9. The van der Waals surface area contributed by atoms with Gasteiger partial charge in [0.25, 0.3) is 5.91 Å². The fraction of sp³-hybridized carbons (Fsp3) is 0.579. The number of amides is 2. The van der Waals surface area contributed by atoms with Crippen molar-refractivity contribution in [2.75, 3.05) is 32.8 Å². The molecule has 2 aliphatic rings. The third-order valence-electron chi connectivity index (χ3n) is 5.01. The molecule has 0 aliphatic carbocycles. The molecule has 2 N–H and O–H groups in total. The maximum absolute atomic E-state index is 12.5. The van der Waals surface area contributed by atoms with Crippen LogP contribution in [0.3, 0.4) is 0 Å². The molecule has 2 amide bonds. The lowest BCUT2D eigenvalue weighted by atomic mass is 10.2. The summed E-state index contributed by atoms with van der Waals surface area (Å²) in [4.78, 5) is 26.2. The number of carbonyl (C=O) groups is 2. The van der Waals surface area contributed by atoms with Crippen molar-refractivity contribution in [2.24, 2.45) is 0 Å². The number of nitrogens with zero attached hydrogens (tertiary/aromatic N) is 1. The van der Waals surface area contributed by atoms with Crippen LogP contribution in [0.2, 0.25) is 0 Å². The topological polar surface area (TPSA) is 105 Å². The number of ether oxygens (including phenoxy) is 1. The Balaban J connectivity index is 1.52. The van der Waals surface area contributed by atoms with Crippen molar-refractivity contribution in [1.82, 2.24) is 14.9 Å². The summed E-state index contributed by atoms with van der Waals surface area (Å²) in [6, 6.07) is 5.88. The van der Waals surface area contributed by atoms with E-state index >= 15 is 0 Å². The van der Waals surface area contributed by atoms with Crippen LogP contribution in [-0.2, 0) is 19.6 Å². The predicted molar refractivity (Wildman–Crippen MR) is 103 cm³/mol. The molecule has 2 saturated heterocycles. The van der Waals surface area contributed by atoms with Crippen molar-refractivity contribution in [3.05, 3.63) is 29.8 Å². The van der Waals surface area contributed by atoms with Gasteiger partial charge in [-0.25, -0.2) is 13.1 Å². The normalized spacial score (nSPS) is 19.7. The van der Waals surface area contributed by atoms with Crippen molar-refractivity contribution in [2.45, 2.75) is 43.1 Å². The Morgan fingerprint density at radius 1 is 1.18 bits per heavy atom. The predicted octanol–water partition coefficient (Wildman–Crippen LogP) is 0.886. The van der Waals surface area contributed by atoms with Crippen molar-refractivity contribution in [1.29, 1.82) is 0 Å². The van der Waals surface area contributed by atoms with Gasteiger partial charge in [-0.15, -0.1) is 0 Å². The molecule has 9 heteroatoms. The average molecular weight is 410 g/mol. The molecule has 1 aromatic carbocycles. The molecule has 2 fully saturated rings. The minimum atomic E-state index is -3.72. The van der Waals surface area contributed by atoms with Crippen molar-refractivity contribution >= 4 is 21.8 Å². The van der Waals surface area contributed by atoms with E-state index < -0.39 is 15.9 Å². The van der Waals surface area contributed by atoms with Crippen LogP contribution in [0.1, 0.15) is 42.5 Å². The standard InChI is InChI=1S/C19H27N3O5S/c23-18(22-10-1-2-11-22)8-9-20-19(24)15-5-3-7-17(13-15)28(25,26)21-14-16-6-4-12-27-16/h3,5,7,13,16,21H,1-2,4,6,8-12,14H2,(H,20,24). The zero-order valence-corrected chi connectivity index (χ0v) is 16.7. The molecule has 0 bridgehead atoms. The Hall–Kier alpha value is -1.97. The zero-order chi connectivity index (χ0) is 20.0. The number of likely N-dealkylation sites (tertiary alicyclic amines) is 1. The summed E-state index contributed by atoms with van der Waals surface area (Å²) in [5.74, 6) is -0.363. The number of hydrogen-bond acceptors (Lipinski definition) is 5. The maximum atomic E-state index is 12.5. The van der Waals surface area contributed by atoms with E-state index in [1.807, 2.05) is 0 Å². The molecule has 8 nitrogen and oxygen atoms in total. The quantitative estimate of drug-likeness (QED) is 0.663. The smallest absolute Gasteiger partial charge is 0.251 e. The first kappa shape index (κ1) is 20.8. The Labute approximate surface area is 165 Å². The number of sulfonamides is 1. The highest BCUT2D eigenvalue weighted by molar-refractivity contribution is 7.89. The Kier molecular flexibility index (Phi) is 7.03. The van der Waals surface area contributed by atoms with Gasteiger partial charge in [-0.1, -0.05) is 6.07 Å². The number of rotatable bonds is 8. The summed E-state index contributed by atoms with van der Waals surface area (Å²) in [6.07, 6.45) is 3.96. The summed E-state index contributed by atoms with van der Waals surface area (Å²) >= 11 is 0. The molecule has 2 heterocycles. The van der Waals surface area contributed by atoms with E-state index in [0.717, 1.165) is 38.8 Å². The van der Waals surface area contributed by atoms with E-state index in [9.17, 15) is 18.0 Å². The maximum Gasteiger partial charge on any atom is 0.251 e. The Bertz CT molecular complexity index is 800. The van der Waals surface area contributed by atoms with Gasteiger partial charge < -0.3 is 15.0 Å². The van der Waals surface area contributed by atoms with Crippen LogP contribution in [-0.4, -0.2) is 64.0 Å². The van der Waals surface area contributed by atoms with Crippen molar-refractivity contribution in [3.8, 4) is 0 Å². The zero-order valence-electron chi connectivity index (χ0n) is 15.9. The van der Waals surface area contributed by atoms with Gasteiger partial charge in [0.2, 0.25) is 15.9 Å². The highest BCUT2D eigenvalue weighted by atomic mass is 32.2. The summed E-state index contributed by atoms with van der Waals surface area (Å²) in [5, 5.41) is 2.69. The van der Waals surface area contributed by atoms with Gasteiger partial charge in [0, 0.05) is 44.8 Å². The van der Waals surface area contributed by atoms with Crippen LogP contribution in [0.25, 0.3) is 0 Å². The monoisotopic (exact) mass is 409 g/mol. The van der Waals surface area contributed by atoms with Crippen LogP contribution in [0.5, 0.6) is 0 Å². The van der Waals surface area contributed by atoms with E-state index in [-0.39, 0.29) is 42.0 Å².